The van der Waals surface area contributed by atoms with Crippen LogP contribution in [-0.4, -0.2) is 40.2 Å². The number of sulfonamides is 1. The predicted octanol–water partition coefficient (Wildman–Crippen LogP) is 4.21. The van der Waals surface area contributed by atoms with Crippen LogP contribution < -0.4 is 19.6 Å². The number of rotatable bonds is 9. The summed E-state index contributed by atoms with van der Waals surface area (Å²) in [5.41, 5.74) is 2.85. The lowest BCUT2D eigenvalue weighted by Gasteiger charge is -2.05. The Hall–Kier alpha value is -3.77. The van der Waals surface area contributed by atoms with Gasteiger partial charge in [0.1, 0.15) is 16.4 Å². The molecule has 4 rings (SSSR count). The summed E-state index contributed by atoms with van der Waals surface area (Å²) in [4.78, 5) is 24.9. The van der Waals surface area contributed by atoms with Gasteiger partial charge in [-0.1, -0.05) is 29.8 Å². The van der Waals surface area contributed by atoms with Gasteiger partial charge in [0.15, 0.2) is 0 Å². The highest BCUT2D eigenvalue weighted by molar-refractivity contribution is 7.89. The Morgan fingerprint density at radius 1 is 1.03 bits per heavy atom. The molecule has 1 aromatic heterocycles. The van der Waals surface area contributed by atoms with Gasteiger partial charge in [0.25, 0.3) is 5.91 Å². The molecular formula is C25H20ClN3O6S2. The molecule has 0 saturated carbocycles. The van der Waals surface area contributed by atoms with Crippen molar-refractivity contribution >= 4 is 61.1 Å². The van der Waals surface area contributed by atoms with Crippen LogP contribution in [-0.2, 0) is 14.8 Å². The largest absolute Gasteiger partial charge is 0.497 e. The van der Waals surface area contributed by atoms with E-state index < -0.39 is 28.4 Å². The van der Waals surface area contributed by atoms with Crippen LogP contribution in [0, 0.1) is 0 Å². The van der Waals surface area contributed by atoms with Crippen LogP contribution >= 0.6 is 22.9 Å². The van der Waals surface area contributed by atoms with Crippen molar-refractivity contribution in [3.8, 4) is 11.5 Å². The van der Waals surface area contributed by atoms with E-state index in [1.54, 1.807) is 67.8 Å². The molecule has 0 spiro atoms. The van der Waals surface area contributed by atoms with E-state index in [1.165, 1.54) is 29.7 Å². The van der Waals surface area contributed by atoms with E-state index in [4.69, 9.17) is 21.1 Å². The van der Waals surface area contributed by atoms with Gasteiger partial charge >= 0.3 is 5.97 Å². The van der Waals surface area contributed by atoms with Crippen LogP contribution in [0.3, 0.4) is 0 Å². The first-order valence-corrected chi connectivity index (χ1v) is 13.4. The van der Waals surface area contributed by atoms with Crippen molar-refractivity contribution in [3.63, 3.8) is 0 Å². The standard InChI is InChI=1S/C25H20ClN3O6S2/c1-34-18-11-12-20-21(13-18)36-24(23(20)26)25(31)35-17-9-7-16(8-10-17)14-27-29-22(30)15-28-37(32,33)19-5-3-2-4-6-19/h2-14,28H,15H2,1H3,(H,29,30)/b27-14+. The van der Waals surface area contributed by atoms with E-state index in [0.29, 0.717) is 22.1 Å². The number of nitrogens with one attached hydrogen (secondary N) is 2. The Balaban J connectivity index is 1.31. The van der Waals surface area contributed by atoms with Crippen molar-refractivity contribution in [2.75, 3.05) is 13.7 Å². The van der Waals surface area contributed by atoms with E-state index in [0.717, 1.165) is 10.1 Å². The Labute approximate surface area is 221 Å². The number of nitrogens with zero attached hydrogens (tertiary/aromatic N) is 1. The van der Waals surface area contributed by atoms with Crippen LogP contribution in [0.15, 0.2) is 82.8 Å². The lowest BCUT2D eigenvalue weighted by Crippen LogP contribution is -2.34. The number of carbonyl (C=O) groups is 2. The Morgan fingerprint density at radius 3 is 2.43 bits per heavy atom. The Morgan fingerprint density at radius 2 is 1.73 bits per heavy atom. The minimum Gasteiger partial charge on any atom is -0.497 e. The second kappa shape index (κ2) is 11.5. The highest BCUT2D eigenvalue weighted by atomic mass is 35.5. The molecule has 1 heterocycles. The van der Waals surface area contributed by atoms with Gasteiger partial charge in [0.05, 0.1) is 29.8 Å². The molecule has 0 radical (unpaired) electrons. The minimum absolute atomic E-state index is 0.0574. The maximum atomic E-state index is 12.7. The Kier molecular flexibility index (Phi) is 8.19. The highest BCUT2D eigenvalue weighted by Crippen LogP contribution is 2.37. The lowest BCUT2D eigenvalue weighted by atomic mass is 10.2. The number of esters is 1. The molecule has 190 valence electrons. The van der Waals surface area contributed by atoms with E-state index in [-0.39, 0.29) is 9.77 Å². The molecular weight excluding hydrogens is 538 g/mol. The monoisotopic (exact) mass is 557 g/mol. The minimum atomic E-state index is -3.80. The molecule has 2 N–H and O–H groups in total. The fourth-order valence-corrected chi connectivity index (χ4v) is 5.56. The van der Waals surface area contributed by atoms with Crippen molar-refractivity contribution < 1.29 is 27.5 Å². The summed E-state index contributed by atoms with van der Waals surface area (Å²) in [6, 6.07) is 19.5. The third kappa shape index (κ3) is 6.52. The van der Waals surface area contributed by atoms with Crippen LogP contribution in [0.1, 0.15) is 15.2 Å². The predicted molar refractivity (Wildman–Crippen MR) is 142 cm³/mol. The summed E-state index contributed by atoms with van der Waals surface area (Å²) < 4.78 is 37.9. The second-order valence-corrected chi connectivity index (χ2v) is 10.7. The topological polar surface area (TPSA) is 123 Å². The average molecular weight is 558 g/mol. The number of amides is 1. The number of hydrogen-bond donors (Lipinski definition) is 2. The fraction of sp³-hybridized carbons (Fsp3) is 0.0800. The van der Waals surface area contributed by atoms with Crippen LogP contribution in [0.2, 0.25) is 5.02 Å². The Bertz CT molecular complexity index is 1570. The van der Waals surface area contributed by atoms with Gasteiger partial charge in [-0.2, -0.15) is 5.10 Å². The van der Waals surface area contributed by atoms with E-state index >= 15 is 0 Å². The number of ether oxygens (including phenoxy) is 2. The van der Waals surface area contributed by atoms with Gasteiger partial charge in [0.2, 0.25) is 10.0 Å². The van der Waals surface area contributed by atoms with Crippen LogP contribution in [0.25, 0.3) is 10.1 Å². The van der Waals surface area contributed by atoms with Gasteiger partial charge in [-0.3, -0.25) is 4.79 Å². The molecule has 0 aliphatic heterocycles. The second-order valence-electron chi connectivity index (χ2n) is 7.50. The number of hydrogen-bond acceptors (Lipinski definition) is 8. The van der Waals surface area contributed by atoms with E-state index in [2.05, 4.69) is 15.2 Å². The van der Waals surface area contributed by atoms with Gasteiger partial charge in [0, 0.05) is 10.1 Å². The molecule has 0 saturated heterocycles. The molecule has 9 nitrogen and oxygen atoms in total. The summed E-state index contributed by atoms with van der Waals surface area (Å²) in [7, 11) is -2.24. The SMILES string of the molecule is COc1ccc2c(Cl)c(C(=O)Oc3ccc(/C=N/NC(=O)CNS(=O)(=O)c4ccccc4)cc3)sc2c1. The molecule has 0 aliphatic carbocycles. The summed E-state index contributed by atoms with van der Waals surface area (Å²) in [5.74, 6) is -0.268. The van der Waals surface area contributed by atoms with E-state index in [9.17, 15) is 18.0 Å². The first-order valence-electron chi connectivity index (χ1n) is 10.7. The highest BCUT2D eigenvalue weighted by Gasteiger charge is 2.19. The van der Waals surface area contributed by atoms with Gasteiger partial charge in [-0.15, -0.1) is 11.3 Å². The van der Waals surface area contributed by atoms with E-state index in [1.807, 2.05) is 0 Å². The molecule has 0 bridgehead atoms. The summed E-state index contributed by atoms with van der Waals surface area (Å²) >= 11 is 7.59. The number of hydrazone groups is 1. The van der Waals surface area contributed by atoms with Gasteiger partial charge < -0.3 is 9.47 Å². The maximum absolute atomic E-state index is 12.7. The van der Waals surface area contributed by atoms with Crippen molar-refractivity contribution in [2.45, 2.75) is 4.90 Å². The van der Waals surface area contributed by atoms with Crippen molar-refractivity contribution in [1.82, 2.24) is 10.1 Å². The third-order valence-corrected chi connectivity index (χ3v) is 8.05. The average Bonchev–Trinajstić information content (AvgIpc) is 3.24. The zero-order chi connectivity index (χ0) is 26.4. The van der Waals surface area contributed by atoms with Gasteiger partial charge in [-0.05, 0) is 60.2 Å². The molecule has 1 amide bonds. The quantitative estimate of drug-likeness (QED) is 0.137. The number of halogens is 1. The zero-order valence-corrected chi connectivity index (χ0v) is 21.7. The molecule has 0 aliphatic rings. The van der Waals surface area contributed by atoms with Crippen molar-refractivity contribution in [1.29, 1.82) is 0 Å². The van der Waals surface area contributed by atoms with Crippen LogP contribution in [0.4, 0.5) is 0 Å². The number of methoxy groups -OCH3 is 1. The molecule has 3 aromatic carbocycles. The third-order valence-electron chi connectivity index (χ3n) is 4.99. The molecule has 37 heavy (non-hydrogen) atoms. The number of fused-ring (bicyclic) bond motifs is 1. The summed E-state index contributed by atoms with van der Waals surface area (Å²) in [5, 5.41) is 4.86. The molecule has 0 unspecified atom stereocenters. The van der Waals surface area contributed by atoms with Crippen LogP contribution in [0.5, 0.6) is 11.5 Å². The summed E-state index contributed by atoms with van der Waals surface area (Å²) in [6.45, 7) is -0.476. The molecule has 0 fully saturated rings. The van der Waals surface area contributed by atoms with Crippen molar-refractivity contribution in [2.24, 2.45) is 5.10 Å². The number of thiophene rings is 1. The zero-order valence-electron chi connectivity index (χ0n) is 19.3. The molecule has 0 atom stereocenters. The summed E-state index contributed by atoms with van der Waals surface area (Å²) in [6.07, 6.45) is 1.37. The first kappa shape index (κ1) is 26.3. The molecule has 12 heteroatoms. The van der Waals surface area contributed by atoms with Gasteiger partial charge in [-0.25, -0.2) is 23.4 Å². The molecule has 4 aromatic rings. The number of benzene rings is 3. The first-order chi connectivity index (χ1) is 17.8. The smallest absolute Gasteiger partial charge is 0.355 e. The normalized spacial score (nSPS) is 11.5. The number of carbonyl (C=O) groups excluding carboxylic acids is 2. The lowest BCUT2D eigenvalue weighted by molar-refractivity contribution is -0.119. The van der Waals surface area contributed by atoms with Crippen molar-refractivity contribution in [3.05, 3.63) is 88.3 Å². The fourth-order valence-electron chi connectivity index (χ4n) is 3.14. The maximum Gasteiger partial charge on any atom is 0.355 e.